The Kier molecular flexibility index (Phi) is 7.64. The highest BCUT2D eigenvalue weighted by Gasteiger charge is 2.20. The van der Waals surface area contributed by atoms with Gasteiger partial charge in [0.15, 0.2) is 11.5 Å². The van der Waals surface area contributed by atoms with Crippen molar-refractivity contribution in [1.82, 2.24) is 9.88 Å². The second kappa shape index (κ2) is 11.0. The zero-order chi connectivity index (χ0) is 25.7. The lowest BCUT2D eigenvalue weighted by Crippen LogP contribution is -2.27. The third-order valence-corrected chi connectivity index (χ3v) is 6.11. The van der Waals surface area contributed by atoms with Gasteiger partial charge in [-0.15, -0.1) is 0 Å². The molecule has 1 N–H and O–H groups in total. The Hall–Kier alpha value is -4.19. The molecule has 1 amide bonds. The van der Waals surface area contributed by atoms with E-state index in [0.29, 0.717) is 23.9 Å². The zero-order valence-corrected chi connectivity index (χ0v) is 21.4. The van der Waals surface area contributed by atoms with Gasteiger partial charge in [0.25, 0.3) is 0 Å². The Bertz CT molecular complexity index is 1340. The van der Waals surface area contributed by atoms with Crippen LogP contribution in [0, 0.1) is 20.8 Å². The molecular formula is C30H32N2O4. The first-order chi connectivity index (χ1) is 17.4. The van der Waals surface area contributed by atoms with E-state index in [1.54, 1.807) is 14.2 Å². The van der Waals surface area contributed by atoms with Crippen LogP contribution in [0.15, 0.2) is 72.9 Å². The summed E-state index contributed by atoms with van der Waals surface area (Å²) in [5.74, 6) is 1.76. The minimum atomic E-state index is -0.526. The van der Waals surface area contributed by atoms with Crippen LogP contribution in [0.5, 0.6) is 17.4 Å². The summed E-state index contributed by atoms with van der Waals surface area (Å²) in [6.07, 6.45) is 1.51. The number of carbonyl (C=O) groups excluding carboxylic acids is 1. The van der Waals surface area contributed by atoms with Crippen molar-refractivity contribution >= 4 is 6.09 Å². The number of hydrogen-bond acceptors (Lipinski definition) is 4. The molecule has 0 fully saturated rings. The molecule has 0 unspecified atom stereocenters. The summed E-state index contributed by atoms with van der Waals surface area (Å²) in [5.41, 5.74) is 7.32. The van der Waals surface area contributed by atoms with Gasteiger partial charge in [-0.1, -0.05) is 65.7 Å². The number of ether oxygens (including phenoxy) is 3. The Morgan fingerprint density at radius 1 is 0.806 bits per heavy atom. The quantitative estimate of drug-likeness (QED) is 0.313. The van der Waals surface area contributed by atoms with Crippen molar-refractivity contribution in [2.45, 2.75) is 33.9 Å². The first-order valence-electron chi connectivity index (χ1n) is 11.9. The molecule has 6 nitrogen and oxygen atoms in total. The average molecular weight is 485 g/mol. The minimum absolute atomic E-state index is 0.288. The summed E-state index contributed by atoms with van der Waals surface area (Å²) in [4.78, 5) is 13.0. The van der Waals surface area contributed by atoms with E-state index in [1.165, 1.54) is 11.1 Å². The van der Waals surface area contributed by atoms with E-state index in [0.717, 1.165) is 27.8 Å². The van der Waals surface area contributed by atoms with Gasteiger partial charge < -0.3 is 24.1 Å². The molecule has 6 heteroatoms. The molecule has 0 aliphatic heterocycles. The van der Waals surface area contributed by atoms with E-state index >= 15 is 0 Å². The monoisotopic (exact) mass is 484 g/mol. The lowest BCUT2D eigenvalue weighted by atomic mass is 10.0. The molecule has 3 aromatic carbocycles. The predicted molar refractivity (Wildman–Crippen MR) is 142 cm³/mol. The SMILES string of the molecule is COc1ccc(CNC(=O)Oc2c(-c3ccc(C)cc3)c(C)cn2Cc2ccc(C)cc2)cc1OC. The third kappa shape index (κ3) is 5.71. The maximum absolute atomic E-state index is 13.0. The molecule has 186 valence electrons. The molecule has 0 bridgehead atoms. The highest BCUT2D eigenvalue weighted by Crippen LogP contribution is 2.36. The van der Waals surface area contributed by atoms with Crippen LogP contribution >= 0.6 is 0 Å². The number of rotatable bonds is 8. The fourth-order valence-corrected chi connectivity index (χ4v) is 4.15. The summed E-state index contributed by atoms with van der Waals surface area (Å²) >= 11 is 0. The first kappa shape index (κ1) is 24.9. The van der Waals surface area contributed by atoms with Crippen LogP contribution in [0.2, 0.25) is 0 Å². The van der Waals surface area contributed by atoms with Gasteiger partial charge in [-0.2, -0.15) is 0 Å². The number of aryl methyl sites for hydroxylation is 3. The number of aromatic nitrogens is 1. The largest absolute Gasteiger partial charge is 0.493 e. The standard InChI is InChI=1S/C30H32N2O4/c1-20-6-10-23(11-7-20)19-32-18-22(3)28(25-13-8-21(2)9-14-25)29(32)36-30(33)31-17-24-12-15-26(34-4)27(16-24)35-5/h6-16,18H,17,19H2,1-5H3,(H,31,33). The molecule has 36 heavy (non-hydrogen) atoms. The molecule has 4 aromatic rings. The molecule has 0 aliphatic carbocycles. The van der Waals surface area contributed by atoms with Gasteiger partial charge in [0.2, 0.25) is 5.88 Å². The van der Waals surface area contributed by atoms with Crippen LogP contribution in [-0.4, -0.2) is 24.9 Å². The Balaban J connectivity index is 1.59. The molecule has 0 saturated carbocycles. The van der Waals surface area contributed by atoms with Crippen molar-refractivity contribution in [3.05, 3.63) is 101 Å². The normalized spacial score (nSPS) is 10.7. The number of carbonyl (C=O) groups is 1. The Labute approximate surface area is 212 Å². The molecule has 0 saturated heterocycles. The van der Waals surface area contributed by atoms with Crippen LogP contribution in [0.4, 0.5) is 4.79 Å². The first-order valence-corrected chi connectivity index (χ1v) is 11.9. The van der Waals surface area contributed by atoms with E-state index in [9.17, 15) is 4.79 Å². The molecular weight excluding hydrogens is 452 g/mol. The van der Waals surface area contributed by atoms with E-state index in [1.807, 2.05) is 35.9 Å². The number of hydrogen-bond donors (Lipinski definition) is 1. The molecule has 0 radical (unpaired) electrons. The number of methoxy groups -OCH3 is 2. The maximum atomic E-state index is 13.0. The van der Waals surface area contributed by atoms with Crippen molar-refractivity contribution in [2.75, 3.05) is 14.2 Å². The Morgan fingerprint density at radius 3 is 2.06 bits per heavy atom. The van der Waals surface area contributed by atoms with Gasteiger partial charge in [-0.3, -0.25) is 0 Å². The van der Waals surface area contributed by atoms with Gasteiger partial charge in [-0.05, 0) is 55.2 Å². The highest BCUT2D eigenvalue weighted by molar-refractivity contribution is 5.78. The summed E-state index contributed by atoms with van der Waals surface area (Å²) in [6, 6.07) is 22.1. The van der Waals surface area contributed by atoms with Gasteiger partial charge in [0, 0.05) is 18.3 Å². The number of benzene rings is 3. The number of nitrogens with one attached hydrogen (secondary N) is 1. The van der Waals surface area contributed by atoms with Crippen molar-refractivity contribution < 1.29 is 19.0 Å². The summed E-state index contributed by atoms with van der Waals surface area (Å²) in [7, 11) is 3.17. The van der Waals surface area contributed by atoms with Crippen LogP contribution < -0.4 is 19.5 Å². The fourth-order valence-electron chi connectivity index (χ4n) is 4.15. The van der Waals surface area contributed by atoms with E-state index in [-0.39, 0.29) is 6.54 Å². The fraction of sp³-hybridized carbons (Fsp3) is 0.233. The van der Waals surface area contributed by atoms with Crippen LogP contribution in [0.3, 0.4) is 0 Å². The van der Waals surface area contributed by atoms with Gasteiger partial charge in [0.05, 0.1) is 20.8 Å². The molecule has 1 heterocycles. The van der Waals surface area contributed by atoms with Gasteiger partial charge in [-0.25, -0.2) is 4.79 Å². The second-order valence-corrected chi connectivity index (χ2v) is 8.90. The molecule has 4 rings (SSSR count). The topological polar surface area (TPSA) is 61.7 Å². The van der Waals surface area contributed by atoms with Crippen molar-refractivity contribution in [3.63, 3.8) is 0 Å². The lowest BCUT2D eigenvalue weighted by molar-refractivity contribution is 0.196. The van der Waals surface area contributed by atoms with E-state index in [2.05, 4.69) is 67.7 Å². The van der Waals surface area contributed by atoms with Gasteiger partial charge >= 0.3 is 6.09 Å². The minimum Gasteiger partial charge on any atom is -0.493 e. The van der Waals surface area contributed by atoms with Crippen molar-refractivity contribution in [1.29, 1.82) is 0 Å². The van der Waals surface area contributed by atoms with Gasteiger partial charge in [0.1, 0.15) is 0 Å². The van der Waals surface area contributed by atoms with Crippen LogP contribution in [0.25, 0.3) is 11.1 Å². The predicted octanol–water partition coefficient (Wildman–Crippen LogP) is 6.43. The molecule has 0 spiro atoms. The van der Waals surface area contributed by atoms with Crippen molar-refractivity contribution in [2.24, 2.45) is 0 Å². The second-order valence-electron chi connectivity index (χ2n) is 8.90. The van der Waals surface area contributed by atoms with E-state index < -0.39 is 6.09 Å². The number of nitrogens with zero attached hydrogens (tertiary/aromatic N) is 1. The highest BCUT2D eigenvalue weighted by atomic mass is 16.6. The smallest absolute Gasteiger partial charge is 0.414 e. The third-order valence-electron chi connectivity index (χ3n) is 6.11. The molecule has 0 atom stereocenters. The summed E-state index contributed by atoms with van der Waals surface area (Å²) in [6.45, 7) is 7.03. The average Bonchev–Trinajstić information content (AvgIpc) is 3.18. The van der Waals surface area contributed by atoms with E-state index in [4.69, 9.17) is 14.2 Å². The maximum Gasteiger partial charge on any atom is 0.414 e. The zero-order valence-electron chi connectivity index (χ0n) is 21.4. The van der Waals surface area contributed by atoms with Crippen LogP contribution in [0.1, 0.15) is 27.8 Å². The molecule has 0 aliphatic rings. The summed E-state index contributed by atoms with van der Waals surface area (Å²) < 4.78 is 18.6. The lowest BCUT2D eigenvalue weighted by Gasteiger charge is -2.14. The Morgan fingerprint density at radius 2 is 1.42 bits per heavy atom. The summed E-state index contributed by atoms with van der Waals surface area (Å²) in [5, 5.41) is 2.86. The van der Waals surface area contributed by atoms with Crippen molar-refractivity contribution in [3.8, 4) is 28.5 Å². The number of amides is 1. The molecule has 1 aromatic heterocycles. The van der Waals surface area contributed by atoms with Crippen LogP contribution in [-0.2, 0) is 13.1 Å².